The molecule has 1 aromatic heterocycles. The highest BCUT2D eigenvalue weighted by Crippen LogP contribution is 2.31. The molecular weight excluding hydrogens is 374 g/mol. The third-order valence-corrected chi connectivity index (χ3v) is 5.66. The van der Waals surface area contributed by atoms with Gasteiger partial charge in [0.25, 0.3) is 0 Å². The fraction of sp³-hybridized carbons (Fsp3) is 0.320. The monoisotopic (exact) mass is 405 g/mol. The molecular formula is C25H31N3O2. The van der Waals surface area contributed by atoms with Crippen LogP contribution in [-0.4, -0.2) is 21.9 Å². The molecule has 1 unspecified atom stereocenters. The molecule has 0 aliphatic heterocycles. The summed E-state index contributed by atoms with van der Waals surface area (Å²) in [6, 6.07) is 15.8. The van der Waals surface area contributed by atoms with Crippen molar-refractivity contribution < 1.29 is 11.7 Å². The van der Waals surface area contributed by atoms with Crippen molar-refractivity contribution in [1.82, 2.24) is 4.98 Å². The first-order valence-electron chi connectivity index (χ1n) is 10.4. The second-order valence-electron chi connectivity index (χ2n) is 7.74. The number of rotatable bonds is 5. The molecule has 3 aromatic rings. The number of nitrogens with zero attached hydrogens (tertiary/aromatic N) is 1. The second-order valence-corrected chi connectivity index (χ2v) is 7.74. The number of aromatic amines is 1. The number of nitriles is 1. The molecule has 158 valence electrons. The van der Waals surface area contributed by atoms with Crippen molar-refractivity contribution in [2.75, 3.05) is 12.1 Å². The number of anilines is 1. The third kappa shape index (κ3) is 4.73. The maximum absolute atomic E-state index is 9.52. The SMILES string of the molecule is C=C1CCCC1CO.CCCc1ccc2c(C#N)c(-c3ccc(NO)cc3)[nH]c2c1.[HH]. The van der Waals surface area contributed by atoms with E-state index in [2.05, 4.69) is 42.2 Å². The van der Waals surface area contributed by atoms with E-state index >= 15 is 0 Å². The normalized spacial score (nSPS) is 15.5. The maximum Gasteiger partial charge on any atom is 0.102 e. The highest BCUT2D eigenvalue weighted by atomic mass is 16.5. The molecule has 5 nitrogen and oxygen atoms in total. The van der Waals surface area contributed by atoms with Crippen molar-refractivity contribution in [3.05, 3.63) is 65.7 Å². The van der Waals surface area contributed by atoms with Crippen molar-refractivity contribution >= 4 is 16.6 Å². The van der Waals surface area contributed by atoms with Crippen LogP contribution in [-0.2, 0) is 6.42 Å². The summed E-state index contributed by atoms with van der Waals surface area (Å²) in [6.07, 6.45) is 5.63. The van der Waals surface area contributed by atoms with Crippen LogP contribution in [0.15, 0.2) is 54.6 Å². The van der Waals surface area contributed by atoms with E-state index in [1.54, 1.807) is 12.1 Å². The molecule has 0 saturated heterocycles. The van der Waals surface area contributed by atoms with Crippen LogP contribution in [0.3, 0.4) is 0 Å². The molecule has 2 aromatic carbocycles. The van der Waals surface area contributed by atoms with Crippen LogP contribution in [0.1, 0.15) is 45.2 Å². The topological polar surface area (TPSA) is 92.1 Å². The number of hydrogen-bond donors (Lipinski definition) is 4. The Hall–Kier alpha value is -3.07. The molecule has 1 aliphatic carbocycles. The summed E-state index contributed by atoms with van der Waals surface area (Å²) in [4.78, 5) is 3.36. The van der Waals surface area contributed by atoms with Crippen molar-refractivity contribution in [1.29, 1.82) is 5.26 Å². The fourth-order valence-electron chi connectivity index (χ4n) is 3.94. The number of aliphatic hydroxyl groups is 1. The molecule has 0 amide bonds. The Morgan fingerprint density at radius 1 is 1.27 bits per heavy atom. The largest absolute Gasteiger partial charge is 0.396 e. The van der Waals surface area contributed by atoms with Gasteiger partial charge < -0.3 is 10.1 Å². The van der Waals surface area contributed by atoms with Gasteiger partial charge in [-0.3, -0.25) is 10.7 Å². The van der Waals surface area contributed by atoms with Gasteiger partial charge in [0.05, 0.1) is 16.9 Å². The molecule has 1 saturated carbocycles. The van der Waals surface area contributed by atoms with Crippen molar-refractivity contribution in [3.8, 4) is 17.3 Å². The molecule has 1 heterocycles. The Morgan fingerprint density at radius 2 is 2.03 bits per heavy atom. The Morgan fingerprint density at radius 3 is 2.57 bits per heavy atom. The minimum Gasteiger partial charge on any atom is -0.396 e. The summed E-state index contributed by atoms with van der Waals surface area (Å²) in [7, 11) is 0. The number of aliphatic hydroxyl groups excluding tert-OH is 1. The molecule has 1 atom stereocenters. The number of hydrogen-bond acceptors (Lipinski definition) is 4. The van der Waals surface area contributed by atoms with Gasteiger partial charge in [0.15, 0.2) is 0 Å². The molecule has 4 rings (SSSR count). The van der Waals surface area contributed by atoms with Crippen LogP contribution >= 0.6 is 0 Å². The lowest BCUT2D eigenvalue weighted by molar-refractivity contribution is 0.249. The minimum atomic E-state index is 0. The molecule has 0 spiro atoms. The van der Waals surface area contributed by atoms with Gasteiger partial charge in [-0.1, -0.05) is 49.8 Å². The number of H-pyrrole nitrogens is 1. The average molecular weight is 406 g/mol. The van der Waals surface area contributed by atoms with Crippen molar-refractivity contribution in [2.45, 2.75) is 39.0 Å². The highest BCUT2D eigenvalue weighted by molar-refractivity contribution is 5.94. The Kier molecular flexibility index (Phi) is 7.29. The Balaban J connectivity index is 0.000000322. The van der Waals surface area contributed by atoms with Crippen molar-refractivity contribution in [2.24, 2.45) is 5.92 Å². The quantitative estimate of drug-likeness (QED) is 0.307. The average Bonchev–Trinajstić information content (AvgIpc) is 3.36. The Labute approximate surface area is 179 Å². The Bertz CT molecular complexity index is 1050. The zero-order valence-corrected chi connectivity index (χ0v) is 17.4. The molecule has 30 heavy (non-hydrogen) atoms. The van der Waals surface area contributed by atoms with Crippen LogP contribution in [0.5, 0.6) is 0 Å². The van der Waals surface area contributed by atoms with Crippen molar-refractivity contribution in [3.63, 3.8) is 0 Å². The first-order chi connectivity index (χ1) is 14.6. The first-order valence-corrected chi connectivity index (χ1v) is 10.4. The summed E-state index contributed by atoms with van der Waals surface area (Å²) in [5.74, 6) is 0.426. The number of aromatic nitrogens is 1. The van der Waals surface area contributed by atoms with Gasteiger partial charge in [-0.25, -0.2) is 0 Å². The smallest absolute Gasteiger partial charge is 0.102 e. The zero-order chi connectivity index (χ0) is 21.5. The lowest BCUT2D eigenvalue weighted by Crippen LogP contribution is -2.00. The molecule has 0 bridgehead atoms. The number of benzene rings is 2. The number of nitrogens with one attached hydrogen (secondary N) is 2. The molecule has 1 aliphatic rings. The van der Waals surface area contributed by atoms with Gasteiger partial charge in [-0.05, 0) is 55.0 Å². The molecule has 5 heteroatoms. The molecule has 1 fully saturated rings. The predicted octanol–water partition coefficient (Wildman–Crippen LogP) is 6.04. The van der Waals surface area contributed by atoms with Gasteiger partial charge in [-0.15, -0.1) is 0 Å². The van der Waals surface area contributed by atoms with E-state index < -0.39 is 0 Å². The summed E-state index contributed by atoms with van der Waals surface area (Å²) < 4.78 is 0. The fourth-order valence-corrected chi connectivity index (χ4v) is 3.94. The maximum atomic E-state index is 9.52. The van der Waals surface area contributed by atoms with E-state index in [0.717, 1.165) is 47.8 Å². The van der Waals surface area contributed by atoms with E-state index in [9.17, 15) is 5.26 Å². The van der Waals surface area contributed by atoms with Crippen LogP contribution in [0.2, 0.25) is 0 Å². The number of aryl methyl sites for hydroxylation is 1. The van der Waals surface area contributed by atoms with Crippen LogP contribution in [0.4, 0.5) is 5.69 Å². The molecule has 0 radical (unpaired) electrons. The van der Waals surface area contributed by atoms with Gasteiger partial charge in [0.1, 0.15) is 6.07 Å². The lowest BCUT2D eigenvalue weighted by Gasteiger charge is -2.03. The van der Waals surface area contributed by atoms with Gasteiger partial charge in [-0.2, -0.15) is 5.26 Å². The molecule has 4 N–H and O–H groups in total. The van der Waals surface area contributed by atoms with Crippen LogP contribution in [0.25, 0.3) is 22.2 Å². The van der Waals surface area contributed by atoms with E-state index in [0.29, 0.717) is 23.8 Å². The summed E-state index contributed by atoms with van der Waals surface area (Å²) >= 11 is 0. The van der Waals surface area contributed by atoms with Gasteiger partial charge >= 0.3 is 0 Å². The summed E-state index contributed by atoms with van der Waals surface area (Å²) in [5.41, 5.74) is 8.61. The van der Waals surface area contributed by atoms with Gasteiger partial charge in [0, 0.05) is 24.9 Å². The summed E-state index contributed by atoms with van der Waals surface area (Å²) in [5, 5.41) is 28.0. The van der Waals surface area contributed by atoms with Crippen LogP contribution in [0, 0.1) is 17.2 Å². The zero-order valence-electron chi connectivity index (χ0n) is 17.4. The number of fused-ring (bicyclic) bond motifs is 1. The summed E-state index contributed by atoms with van der Waals surface area (Å²) in [6.45, 7) is 6.31. The first kappa shape index (κ1) is 21.6. The predicted molar refractivity (Wildman–Crippen MR) is 124 cm³/mol. The third-order valence-electron chi connectivity index (χ3n) is 5.66. The lowest BCUT2D eigenvalue weighted by atomic mass is 10.0. The van der Waals surface area contributed by atoms with E-state index in [-0.39, 0.29) is 1.43 Å². The standard InChI is InChI=1S/C18H17N3O.C7H12O.H2/c1-2-3-12-4-9-15-16(11-19)18(20-17(15)10-12)13-5-7-14(21-22)8-6-13;1-6-3-2-4-7(6)5-8;/h4-10,20-22H,2-3H2,1H3;7-8H,1-5H2;1H. The van der Waals surface area contributed by atoms with Crippen LogP contribution < -0.4 is 5.48 Å². The minimum absolute atomic E-state index is 0. The van der Waals surface area contributed by atoms with E-state index in [1.165, 1.54) is 17.6 Å². The van der Waals surface area contributed by atoms with E-state index in [1.807, 2.05) is 18.2 Å². The van der Waals surface area contributed by atoms with E-state index in [4.69, 9.17) is 10.3 Å². The second kappa shape index (κ2) is 10.1. The highest BCUT2D eigenvalue weighted by Gasteiger charge is 2.17. The van der Waals surface area contributed by atoms with Gasteiger partial charge in [0.2, 0.25) is 0 Å².